The Balaban J connectivity index is 2.23. The fourth-order valence-corrected chi connectivity index (χ4v) is 2.37. The number of benzene rings is 1. The second kappa shape index (κ2) is 6.02. The van der Waals surface area contributed by atoms with Crippen molar-refractivity contribution >= 4 is 45.2 Å². The molecule has 0 atom stereocenters. The third kappa shape index (κ3) is 3.55. The molecule has 0 spiro atoms. The lowest BCUT2D eigenvalue weighted by molar-refractivity contribution is 0.0696. The Labute approximate surface area is 127 Å². The molecular weight excluding hydrogens is 348 g/mol. The number of anilines is 1. The van der Waals surface area contributed by atoms with Gasteiger partial charge in [0.05, 0.1) is 5.56 Å². The van der Waals surface area contributed by atoms with E-state index >= 15 is 0 Å². The number of hydrogen-bond donors (Lipinski definition) is 2. The number of aromatic carboxylic acids is 1. The predicted molar refractivity (Wildman–Crippen MR) is 78.3 cm³/mol. The smallest absolute Gasteiger partial charge is 0.335 e. The summed E-state index contributed by atoms with van der Waals surface area (Å²) in [6.45, 7) is 0. The van der Waals surface area contributed by atoms with E-state index < -0.39 is 11.9 Å². The summed E-state index contributed by atoms with van der Waals surface area (Å²) in [5.41, 5.74) is 0.384. The molecule has 0 saturated heterocycles. The summed E-state index contributed by atoms with van der Waals surface area (Å²) in [4.78, 5) is 26.7. The normalized spacial score (nSPS) is 10.1. The van der Waals surface area contributed by atoms with Crippen LogP contribution < -0.4 is 5.32 Å². The highest BCUT2D eigenvalue weighted by Crippen LogP contribution is 2.20. The summed E-state index contributed by atoms with van der Waals surface area (Å²) < 4.78 is 0.669. The van der Waals surface area contributed by atoms with Crippen LogP contribution in [0, 0.1) is 0 Å². The SMILES string of the molecule is O=C(O)c1ccnc(NC(=O)c2cc(Cl)cc(Br)c2)c1. The molecule has 2 rings (SSSR count). The summed E-state index contributed by atoms with van der Waals surface area (Å²) in [7, 11) is 0. The van der Waals surface area contributed by atoms with Gasteiger partial charge in [0, 0.05) is 21.3 Å². The summed E-state index contributed by atoms with van der Waals surface area (Å²) in [5.74, 6) is -1.36. The number of nitrogens with zero attached hydrogens (tertiary/aromatic N) is 1. The van der Waals surface area contributed by atoms with Crippen molar-refractivity contribution < 1.29 is 14.7 Å². The molecule has 1 heterocycles. The maximum atomic E-state index is 12.0. The van der Waals surface area contributed by atoms with Gasteiger partial charge in [0.2, 0.25) is 0 Å². The molecule has 2 aromatic rings. The van der Waals surface area contributed by atoms with Crippen LogP contribution in [-0.2, 0) is 0 Å². The first kappa shape index (κ1) is 14.5. The number of carboxylic acid groups (broad SMARTS) is 1. The fourth-order valence-electron chi connectivity index (χ4n) is 1.51. The van der Waals surface area contributed by atoms with Crippen LogP contribution in [-0.4, -0.2) is 22.0 Å². The van der Waals surface area contributed by atoms with Gasteiger partial charge in [-0.05, 0) is 30.3 Å². The Bertz CT molecular complexity index is 671. The number of carboxylic acids is 1. The van der Waals surface area contributed by atoms with Gasteiger partial charge in [-0.25, -0.2) is 9.78 Å². The average Bonchev–Trinajstić information content (AvgIpc) is 2.37. The van der Waals surface area contributed by atoms with E-state index in [-0.39, 0.29) is 11.4 Å². The molecular formula is C13H8BrClN2O3. The predicted octanol–water partition coefficient (Wildman–Crippen LogP) is 3.45. The molecule has 20 heavy (non-hydrogen) atoms. The Hall–Kier alpha value is -1.92. The zero-order chi connectivity index (χ0) is 14.7. The number of amides is 1. The van der Waals surface area contributed by atoms with Gasteiger partial charge in [0.15, 0.2) is 0 Å². The monoisotopic (exact) mass is 354 g/mol. The van der Waals surface area contributed by atoms with Gasteiger partial charge in [-0.1, -0.05) is 27.5 Å². The van der Waals surface area contributed by atoms with Crippen LogP contribution in [0.25, 0.3) is 0 Å². The number of hydrogen-bond acceptors (Lipinski definition) is 3. The molecule has 0 aliphatic heterocycles. The van der Waals surface area contributed by atoms with Crippen molar-refractivity contribution in [2.45, 2.75) is 0 Å². The zero-order valence-corrected chi connectivity index (χ0v) is 12.3. The molecule has 0 fully saturated rings. The highest BCUT2D eigenvalue weighted by molar-refractivity contribution is 9.10. The third-order valence-corrected chi connectivity index (χ3v) is 3.05. The van der Waals surface area contributed by atoms with Crippen molar-refractivity contribution in [3.63, 3.8) is 0 Å². The maximum absolute atomic E-state index is 12.0. The van der Waals surface area contributed by atoms with Crippen LogP contribution in [0.15, 0.2) is 41.0 Å². The Morgan fingerprint density at radius 2 is 1.95 bits per heavy atom. The zero-order valence-electron chi connectivity index (χ0n) is 9.93. The molecule has 5 nitrogen and oxygen atoms in total. The number of carbonyl (C=O) groups is 2. The van der Waals surface area contributed by atoms with Crippen LogP contribution >= 0.6 is 27.5 Å². The number of pyridine rings is 1. The molecule has 0 aliphatic carbocycles. The van der Waals surface area contributed by atoms with E-state index in [1.54, 1.807) is 12.1 Å². The van der Waals surface area contributed by atoms with Crippen LogP contribution in [0.5, 0.6) is 0 Å². The van der Waals surface area contributed by atoms with Gasteiger partial charge in [0.1, 0.15) is 5.82 Å². The van der Waals surface area contributed by atoms with Gasteiger partial charge in [-0.2, -0.15) is 0 Å². The molecule has 0 saturated carbocycles. The van der Waals surface area contributed by atoms with Gasteiger partial charge in [-0.15, -0.1) is 0 Å². The van der Waals surface area contributed by atoms with E-state index in [4.69, 9.17) is 16.7 Å². The minimum atomic E-state index is -1.09. The first-order valence-corrected chi connectivity index (χ1v) is 6.59. The lowest BCUT2D eigenvalue weighted by Gasteiger charge is -2.06. The highest BCUT2D eigenvalue weighted by atomic mass is 79.9. The number of aromatic nitrogens is 1. The van der Waals surface area contributed by atoms with Crippen LogP contribution in [0.2, 0.25) is 5.02 Å². The number of nitrogens with one attached hydrogen (secondary N) is 1. The minimum Gasteiger partial charge on any atom is -0.478 e. The number of halogens is 2. The summed E-state index contributed by atoms with van der Waals surface area (Å²) in [6, 6.07) is 7.38. The first-order valence-electron chi connectivity index (χ1n) is 5.42. The van der Waals surface area contributed by atoms with Gasteiger partial charge in [-0.3, -0.25) is 4.79 Å². The molecule has 0 aliphatic rings. The van der Waals surface area contributed by atoms with Crippen molar-refractivity contribution in [3.8, 4) is 0 Å². The van der Waals surface area contributed by atoms with E-state index in [0.29, 0.717) is 15.1 Å². The van der Waals surface area contributed by atoms with E-state index in [9.17, 15) is 9.59 Å². The lowest BCUT2D eigenvalue weighted by atomic mass is 10.2. The molecule has 2 N–H and O–H groups in total. The largest absolute Gasteiger partial charge is 0.478 e. The maximum Gasteiger partial charge on any atom is 0.335 e. The fraction of sp³-hybridized carbons (Fsp3) is 0. The quantitative estimate of drug-likeness (QED) is 0.884. The molecule has 0 radical (unpaired) electrons. The Kier molecular flexibility index (Phi) is 4.36. The Morgan fingerprint density at radius 1 is 1.20 bits per heavy atom. The van der Waals surface area contributed by atoms with Gasteiger partial charge < -0.3 is 10.4 Å². The Morgan fingerprint density at radius 3 is 2.60 bits per heavy atom. The van der Waals surface area contributed by atoms with Crippen LogP contribution in [0.3, 0.4) is 0 Å². The molecule has 0 unspecified atom stereocenters. The molecule has 7 heteroatoms. The van der Waals surface area contributed by atoms with E-state index in [0.717, 1.165) is 0 Å². The molecule has 0 bridgehead atoms. The molecule has 102 valence electrons. The van der Waals surface area contributed by atoms with Gasteiger partial charge in [0.25, 0.3) is 5.91 Å². The lowest BCUT2D eigenvalue weighted by Crippen LogP contribution is -2.13. The molecule has 1 aromatic carbocycles. The van der Waals surface area contributed by atoms with Crippen molar-refractivity contribution in [1.82, 2.24) is 4.98 Å². The molecule has 1 amide bonds. The van der Waals surface area contributed by atoms with Crippen molar-refractivity contribution in [2.75, 3.05) is 5.32 Å². The standard InChI is InChI=1S/C13H8BrClN2O3/c14-9-3-8(4-10(15)6-9)12(18)17-11-5-7(13(19)20)1-2-16-11/h1-6H,(H,19,20)(H,16,17,18). The van der Waals surface area contributed by atoms with Crippen molar-refractivity contribution in [1.29, 1.82) is 0 Å². The first-order chi connectivity index (χ1) is 9.45. The second-order valence-electron chi connectivity index (χ2n) is 3.85. The summed E-state index contributed by atoms with van der Waals surface area (Å²) in [5, 5.41) is 11.8. The summed E-state index contributed by atoms with van der Waals surface area (Å²) >= 11 is 9.10. The number of carbonyl (C=O) groups excluding carboxylic acids is 1. The van der Waals surface area contributed by atoms with E-state index in [1.807, 2.05) is 0 Å². The average molecular weight is 356 g/mol. The van der Waals surface area contributed by atoms with Crippen LogP contribution in [0.4, 0.5) is 5.82 Å². The number of rotatable bonds is 3. The van der Waals surface area contributed by atoms with Crippen molar-refractivity contribution in [2.24, 2.45) is 0 Å². The topological polar surface area (TPSA) is 79.3 Å². The van der Waals surface area contributed by atoms with E-state index in [1.165, 1.54) is 24.4 Å². The van der Waals surface area contributed by atoms with E-state index in [2.05, 4.69) is 26.2 Å². The second-order valence-corrected chi connectivity index (χ2v) is 5.20. The highest BCUT2D eigenvalue weighted by Gasteiger charge is 2.10. The summed E-state index contributed by atoms with van der Waals surface area (Å²) in [6.07, 6.45) is 1.31. The van der Waals surface area contributed by atoms with Crippen LogP contribution in [0.1, 0.15) is 20.7 Å². The minimum absolute atomic E-state index is 0.0441. The molecule has 1 aromatic heterocycles. The van der Waals surface area contributed by atoms with Gasteiger partial charge >= 0.3 is 5.97 Å². The third-order valence-electron chi connectivity index (χ3n) is 2.37. The van der Waals surface area contributed by atoms with Crippen molar-refractivity contribution in [3.05, 3.63) is 57.2 Å².